The second-order valence-electron chi connectivity index (χ2n) is 8.35. The van der Waals surface area contributed by atoms with Crippen LogP contribution in [0.4, 0.5) is 0 Å². The first-order valence-corrected chi connectivity index (χ1v) is 13.5. The highest BCUT2D eigenvalue weighted by Crippen LogP contribution is 2.25. The lowest BCUT2D eigenvalue weighted by Gasteiger charge is -2.28. The molecule has 34 heavy (non-hydrogen) atoms. The van der Waals surface area contributed by atoms with E-state index in [1.807, 2.05) is 60.9 Å². The molecule has 0 saturated heterocycles. The van der Waals surface area contributed by atoms with Gasteiger partial charge in [0.05, 0.1) is 15.1 Å². The van der Waals surface area contributed by atoms with E-state index in [2.05, 4.69) is 4.99 Å². The average molecular weight is 492 g/mol. The largest absolute Gasteiger partial charge is 0.316 e. The maximum absolute atomic E-state index is 13.2. The Labute approximate surface area is 202 Å². The second-order valence-corrected chi connectivity index (χ2v) is 11.3. The van der Waals surface area contributed by atoms with E-state index in [0.717, 1.165) is 21.3 Å². The molecule has 0 saturated carbocycles. The summed E-state index contributed by atoms with van der Waals surface area (Å²) in [7, 11) is -3.65. The van der Waals surface area contributed by atoms with E-state index in [1.165, 1.54) is 33.3 Å². The van der Waals surface area contributed by atoms with E-state index in [4.69, 9.17) is 0 Å². The molecular weight excluding hydrogens is 466 g/mol. The number of thiazole rings is 1. The van der Waals surface area contributed by atoms with Crippen LogP contribution in [0.15, 0.2) is 76.6 Å². The van der Waals surface area contributed by atoms with Crippen molar-refractivity contribution in [3.63, 3.8) is 0 Å². The van der Waals surface area contributed by atoms with Crippen molar-refractivity contribution in [3.8, 4) is 0 Å². The number of aromatic nitrogens is 1. The SMILES string of the molecule is CCn1c(=NC(=O)c2ccc(S(=O)(=O)N3CCc4ccccc4C3)cc2)sc2cccc(C)c21. The van der Waals surface area contributed by atoms with Crippen molar-refractivity contribution >= 4 is 37.5 Å². The van der Waals surface area contributed by atoms with Gasteiger partial charge in [0.15, 0.2) is 4.80 Å². The molecule has 0 atom stereocenters. The van der Waals surface area contributed by atoms with Crippen molar-refractivity contribution < 1.29 is 13.2 Å². The summed E-state index contributed by atoms with van der Waals surface area (Å²) in [4.78, 5) is 18.1. The summed E-state index contributed by atoms with van der Waals surface area (Å²) >= 11 is 1.48. The molecule has 1 aromatic heterocycles. The van der Waals surface area contributed by atoms with Gasteiger partial charge in [-0.3, -0.25) is 4.79 Å². The summed E-state index contributed by atoms with van der Waals surface area (Å²) in [5.74, 6) is -0.387. The van der Waals surface area contributed by atoms with Crippen LogP contribution in [0.25, 0.3) is 10.2 Å². The number of amides is 1. The van der Waals surface area contributed by atoms with Gasteiger partial charge in [0.1, 0.15) is 0 Å². The van der Waals surface area contributed by atoms with Crippen LogP contribution in [0.2, 0.25) is 0 Å². The Hall–Kier alpha value is -3.07. The molecule has 1 aliphatic rings. The molecule has 0 N–H and O–H groups in total. The average Bonchev–Trinajstić information content (AvgIpc) is 3.22. The van der Waals surface area contributed by atoms with Gasteiger partial charge in [-0.25, -0.2) is 8.42 Å². The fraction of sp³-hybridized carbons (Fsp3) is 0.231. The highest BCUT2D eigenvalue weighted by atomic mass is 32.2. The molecular formula is C26H25N3O3S2. The van der Waals surface area contributed by atoms with Crippen LogP contribution in [-0.2, 0) is 29.5 Å². The minimum absolute atomic E-state index is 0.185. The number of hydrogen-bond donors (Lipinski definition) is 0. The predicted octanol–water partition coefficient (Wildman–Crippen LogP) is 4.52. The Balaban J connectivity index is 1.42. The molecule has 0 aliphatic carbocycles. The molecule has 8 heteroatoms. The third-order valence-corrected chi connectivity index (χ3v) is 9.15. The van der Waals surface area contributed by atoms with Crippen LogP contribution in [0.1, 0.15) is 34.0 Å². The Morgan fingerprint density at radius 2 is 1.74 bits per heavy atom. The number of fused-ring (bicyclic) bond motifs is 2. The van der Waals surface area contributed by atoms with E-state index >= 15 is 0 Å². The van der Waals surface area contributed by atoms with Gasteiger partial charge < -0.3 is 4.57 Å². The number of carbonyl (C=O) groups excluding carboxylic acids is 1. The number of benzene rings is 3. The van der Waals surface area contributed by atoms with Crippen LogP contribution in [0.5, 0.6) is 0 Å². The number of hydrogen-bond acceptors (Lipinski definition) is 4. The topological polar surface area (TPSA) is 71.7 Å². The standard InChI is InChI=1S/C26H25N3O3S2/c1-3-29-24-18(2)7-6-10-23(24)33-26(29)27-25(30)20-11-13-22(14-12-20)34(31,32)28-16-15-19-8-4-5-9-21(19)17-28/h4-14H,3,15-17H2,1-2H3. The Morgan fingerprint density at radius 1 is 1.00 bits per heavy atom. The van der Waals surface area contributed by atoms with Crippen LogP contribution < -0.4 is 4.80 Å². The molecule has 174 valence electrons. The fourth-order valence-electron chi connectivity index (χ4n) is 4.43. The Bertz CT molecular complexity index is 1570. The minimum Gasteiger partial charge on any atom is -0.316 e. The van der Waals surface area contributed by atoms with Crippen molar-refractivity contribution in [2.45, 2.75) is 38.3 Å². The van der Waals surface area contributed by atoms with Gasteiger partial charge in [0, 0.05) is 25.2 Å². The zero-order valence-corrected chi connectivity index (χ0v) is 20.7. The van der Waals surface area contributed by atoms with E-state index in [1.54, 1.807) is 12.1 Å². The minimum atomic E-state index is -3.65. The summed E-state index contributed by atoms with van der Waals surface area (Å²) in [5.41, 5.74) is 4.81. The van der Waals surface area contributed by atoms with Crippen molar-refractivity contribution in [2.24, 2.45) is 4.99 Å². The molecule has 0 unspecified atom stereocenters. The van der Waals surface area contributed by atoms with E-state index in [9.17, 15) is 13.2 Å². The van der Waals surface area contributed by atoms with Crippen molar-refractivity contribution in [2.75, 3.05) is 6.54 Å². The first kappa shape index (κ1) is 22.7. The molecule has 2 heterocycles. The molecule has 0 radical (unpaired) electrons. The first-order valence-electron chi connectivity index (χ1n) is 11.2. The predicted molar refractivity (Wildman–Crippen MR) is 134 cm³/mol. The van der Waals surface area contributed by atoms with E-state index < -0.39 is 10.0 Å². The summed E-state index contributed by atoms with van der Waals surface area (Å²) < 4.78 is 31.0. The highest BCUT2D eigenvalue weighted by molar-refractivity contribution is 7.89. The second kappa shape index (κ2) is 8.94. The van der Waals surface area contributed by atoms with Crippen LogP contribution >= 0.6 is 11.3 Å². The van der Waals surface area contributed by atoms with Crippen molar-refractivity contribution in [1.29, 1.82) is 0 Å². The monoisotopic (exact) mass is 491 g/mol. The van der Waals surface area contributed by atoms with Gasteiger partial charge in [-0.05, 0) is 67.3 Å². The molecule has 0 bridgehead atoms. The molecule has 3 aromatic carbocycles. The van der Waals surface area contributed by atoms with Crippen molar-refractivity contribution in [1.82, 2.24) is 8.87 Å². The van der Waals surface area contributed by atoms with Gasteiger partial charge in [-0.1, -0.05) is 47.7 Å². The molecule has 0 spiro atoms. The Kier molecular flexibility index (Phi) is 5.97. The van der Waals surface area contributed by atoms with Gasteiger partial charge in [-0.15, -0.1) is 0 Å². The van der Waals surface area contributed by atoms with Gasteiger partial charge in [0.2, 0.25) is 10.0 Å². The number of nitrogens with zero attached hydrogens (tertiary/aromatic N) is 3. The quantitative estimate of drug-likeness (QED) is 0.421. The third kappa shape index (κ3) is 4.02. The maximum atomic E-state index is 13.2. The highest BCUT2D eigenvalue weighted by Gasteiger charge is 2.28. The summed E-state index contributed by atoms with van der Waals surface area (Å²) in [6, 6.07) is 20.1. The molecule has 1 amide bonds. The third-order valence-electron chi connectivity index (χ3n) is 6.25. The summed E-state index contributed by atoms with van der Waals surface area (Å²) in [6.45, 7) is 5.58. The number of para-hydroxylation sites is 1. The van der Waals surface area contributed by atoms with E-state index in [0.29, 0.717) is 36.4 Å². The number of sulfonamides is 1. The van der Waals surface area contributed by atoms with Crippen LogP contribution in [0.3, 0.4) is 0 Å². The zero-order chi connectivity index (χ0) is 23.9. The lowest BCUT2D eigenvalue weighted by Crippen LogP contribution is -2.35. The molecule has 4 aromatic rings. The van der Waals surface area contributed by atoms with Gasteiger partial charge >= 0.3 is 0 Å². The number of rotatable bonds is 4. The Morgan fingerprint density at radius 3 is 2.47 bits per heavy atom. The van der Waals surface area contributed by atoms with Gasteiger partial charge in [0.25, 0.3) is 5.91 Å². The van der Waals surface area contributed by atoms with Gasteiger partial charge in [-0.2, -0.15) is 9.30 Å². The molecule has 0 fully saturated rings. The first-order chi connectivity index (χ1) is 16.4. The lowest BCUT2D eigenvalue weighted by molar-refractivity contribution is 0.0997. The molecule has 6 nitrogen and oxygen atoms in total. The fourth-order valence-corrected chi connectivity index (χ4v) is 7.02. The summed E-state index contributed by atoms with van der Waals surface area (Å²) in [6.07, 6.45) is 0.691. The van der Waals surface area contributed by atoms with Crippen LogP contribution in [0, 0.1) is 6.92 Å². The normalized spacial score (nSPS) is 14.9. The number of carbonyl (C=O) groups is 1. The smallest absolute Gasteiger partial charge is 0.279 e. The lowest BCUT2D eigenvalue weighted by atomic mass is 10.0. The van der Waals surface area contributed by atoms with Crippen molar-refractivity contribution in [3.05, 3.63) is 93.8 Å². The number of aryl methyl sites for hydroxylation is 2. The molecule has 5 rings (SSSR count). The van der Waals surface area contributed by atoms with Crippen LogP contribution in [-0.4, -0.2) is 29.7 Å². The maximum Gasteiger partial charge on any atom is 0.279 e. The summed E-state index contributed by atoms with van der Waals surface area (Å²) in [5, 5.41) is 0. The van der Waals surface area contributed by atoms with E-state index in [-0.39, 0.29) is 10.8 Å². The zero-order valence-electron chi connectivity index (χ0n) is 19.1. The molecule has 1 aliphatic heterocycles.